The van der Waals surface area contributed by atoms with Crippen molar-refractivity contribution in [2.45, 2.75) is 6.92 Å². The van der Waals surface area contributed by atoms with E-state index in [0.29, 0.717) is 0 Å². The van der Waals surface area contributed by atoms with Gasteiger partial charge in [-0.2, -0.15) is 0 Å². The molecule has 10 heavy (non-hydrogen) atoms. The lowest BCUT2D eigenvalue weighted by atomic mass is 10.6. The molecule has 0 heterocycles. The van der Waals surface area contributed by atoms with Crippen LogP contribution in [-0.2, 0) is 9.36 Å². The quantitative estimate of drug-likeness (QED) is 0.508. The van der Waals surface area contributed by atoms with Crippen LogP contribution < -0.4 is 10.2 Å². The van der Waals surface area contributed by atoms with Crippen LogP contribution in [0.1, 0.15) is 6.92 Å². The van der Waals surface area contributed by atoms with Crippen LogP contribution in [0.3, 0.4) is 0 Å². The molecule has 2 N–H and O–H groups in total. The molecular formula is C4H9NO4P-. The topological polar surface area (TPSA) is 89.5 Å². The van der Waals surface area contributed by atoms with Crippen molar-refractivity contribution in [2.24, 2.45) is 0 Å². The van der Waals surface area contributed by atoms with E-state index < -0.39 is 13.8 Å². The smallest absolute Gasteiger partial charge is 0.216 e. The zero-order valence-corrected chi connectivity index (χ0v) is 6.43. The van der Waals surface area contributed by atoms with Crippen molar-refractivity contribution >= 4 is 13.5 Å². The maximum Gasteiger partial charge on any atom is 0.216 e. The minimum Gasteiger partial charge on any atom is -0.779 e. The molecule has 0 fully saturated rings. The summed E-state index contributed by atoms with van der Waals surface area (Å²) in [5, 5.41) is 2.23. The lowest BCUT2D eigenvalue weighted by Crippen LogP contribution is -2.24. The molecule has 0 saturated heterocycles. The number of rotatable bonds is 3. The van der Waals surface area contributed by atoms with Crippen molar-refractivity contribution < 1.29 is 19.1 Å². The van der Waals surface area contributed by atoms with Gasteiger partial charge in [0.25, 0.3) is 0 Å². The Labute approximate surface area is 58.6 Å². The number of hydrogen-bond donors (Lipinski definition) is 2. The Morgan fingerprint density at radius 1 is 1.80 bits per heavy atom. The number of hydrogen-bond acceptors (Lipinski definition) is 3. The Morgan fingerprint density at radius 3 is 2.60 bits per heavy atom. The van der Waals surface area contributed by atoms with Gasteiger partial charge in [0, 0.05) is 19.6 Å². The summed E-state index contributed by atoms with van der Waals surface area (Å²) >= 11 is 0. The number of carbonyl (C=O) groups is 1. The maximum absolute atomic E-state index is 10.1. The normalized spacial score (nSPS) is 15.9. The highest BCUT2D eigenvalue weighted by Crippen LogP contribution is 2.26. The fourth-order valence-electron chi connectivity index (χ4n) is 0.373. The molecule has 0 aliphatic rings. The molecule has 0 rings (SSSR count). The van der Waals surface area contributed by atoms with Gasteiger partial charge in [-0.25, -0.2) is 0 Å². The molecule has 0 radical (unpaired) electrons. The van der Waals surface area contributed by atoms with Gasteiger partial charge in [-0.1, -0.05) is 0 Å². The molecule has 0 spiro atoms. The first kappa shape index (κ1) is 9.62. The van der Waals surface area contributed by atoms with Crippen LogP contribution in [0.5, 0.6) is 0 Å². The number of amides is 1. The van der Waals surface area contributed by atoms with Gasteiger partial charge in [0.15, 0.2) is 0 Å². The highest BCUT2D eigenvalue weighted by Gasteiger charge is 2.00. The molecule has 1 unspecified atom stereocenters. The number of nitrogens with one attached hydrogen (secondary N) is 1. The highest BCUT2D eigenvalue weighted by atomic mass is 31.2. The summed E-state index contributed by atoms with van der Waals surface area (Å²) in [5.41, 5.74) is 0. The summed E-state index contributed by atoms with van der Waals surface area (Å²) in [6, 6.07) is 0. The first-order chi connectivity index (χ1) is 4.42. The second-order valence-corrected chi connectivity index (χ2v) is 3.57. The Kier molecular flexibility index (Phi) is 3.57. The predicted octanol–water partition coefficient (Wildman–Crippen LogP) is -1.33. The van der Waals surface area contributed by atoms with Gasteiger partial charge >= 0.3 is 0 Å². The minimum atomic E-state index is -4.19. The fraction of sp³-hybridized carbons (Fsp3) is 0.750. The van der Waals surface area contributed by atoms with Crippen molar-refractivity contribution in [3.63, 3.8) is 0 Å². The van der Waals surface area contributed by atoms with E-state index in [2.05, 4.69) is 5.32 Å². The minimum absolute atomic E-state index is 0.0351. The summed E-state index contributed by atoms with van der Waals surface area (Å²) in [6.07, 6.45) is -0.410. The van der Waals surface area contributed by atoms with E-state index in [4.69, 9.17) is 4.89 Å². The third-order valence-electron chi connectivity index (χ3n) is 0.768. The van der Waals surface area contributed by atoms with E-state index >= 15 is 0 Å². The van der Waals surface area contributed by atoms with Gasteiger partial charge < -0.3 is 19.7 Å². The summed E-state index contributed by atoms with van der Waals surface area (Å²) in [6.45, 7) is 1.24. The van der Waals surface area contributed by atoms with Crippen molar-refractivity contribution in [1.29, 1.82) is 0 Å². The van der Waals surface area contributed by atoms with Crippen LogP contribution >= 0.6 is 7.60 Å². The average Bonchev–Trinajstić information content (AvgIpc) is 1.59. The van der Waals surface area contributed by atoms with E-state index in [1.165, 1.54) is 6.92 Å². The molecule has 1 atom stereocenters. The zero-order valence-electron chi connectivity index (χ0n) is 5.53. The molecule has 60 valence electrons. The van der Waals surface area contributed by atoms with Gasteiger partial charge in [-0.3, -0.25) is 4.79 Å². The standard InChI is InChI=1S/C4H10NO4P/c1-4(6)5-2-3-10(7,8)9/h2-3H2,1H3,(H,5,6)(H2,7,8,9)/p-1. The zero-order chi connectivity index (χ0) is 8.20. The van der Waals surface area contributed by atoms with Gasteiger partial charge in [-0.05, 0) is 0 Å². The Hall–Kier alpha value is -0.380. The van der Waals surface area contributed by atoms with Crippen molar-refractivity contribution in [3.05, 3.63) is 0 Å². The highest BCUT2D eigenvalue weighted by molar-refractivity contribution is 7.50. The molecule has 0 saturated carbocycles. The molecule has 6 heteroatoms. The van der Waals surface area contributed by atoms with Gasteiger partial charge in [0.2, 0.25) is 5.91 Å². The van der Waals surface area contributed by atoms with E-state index in [-0.39, 0.29) is 12.5 Å². The summed E-state index contributed by atoms with van der Waals surface area (Å²) in [5.74, 6) is -0.312. The molecule has 0 aliphatic carbocycles. The average molecular weight is 166 g/mol. The Morgan fingerprint density at radius 2 is 2.30 bits per heavy atom. The van der Waals surface area contributed by atoms with Crippen molar-refractivity contribution in [1.82, 2.24) is 5.32 Å². The Bertz CT molecular complexity index is 163. The molecule has 0 aromatic rings. The molecule has 0 aromatic heterocycles. The molecule has 0 aliphatic heterocycles. The van der Waals surface area contributed by atoms with Crippen molar-refractivity contribution in [2.75, 3.05) is 12.7 Å². The second kappa shape index (κ2) is 3.71. The number of carbonyl (C=O) groups excluding carboxylic acids is 1. The van der Waals surface area contributed by atoms with Crippen LogP contribution in [0, 0.1) is 0 Å². The van der Waals surface area contributed by atoms with E-state index in [0.717, 1.165) is 0 Å². The third kappa shape index (κ3) is 7.62. The first-order valence-electron chi connectivity index (χ1n) is 2.69. The van der Waals surface area contributed by atoms with E-state index in [1.807, 2.05) is 0 Å². The van der Waals surface area contributed by atoms with Crippen LogP contribution in [0.4, 0.5) is 0 Å². The van der Waals surface area contributed by atoms with Crippen molar-refractivity contribution in [3.8, 4) is 0 Å². The molecule has 0 bridgehead atoms. The summed E-state index contributed by atoms with van der Waals surface area (Å²) in [4.78, 5) is 28.4. The monoisotopic (exact) mass is 166 g/mol. The second-order valence-electron chi connectivity index (χ2n) is 1.84. The largest absolute Gasteiger partial charge is 0.779 e. The van der Waals surface area contributed by atoms with Crippen LogP contribution in [0.2, 0.25) is 0 Å². The lowest BCUT2D eigenvalue weighted by molar-refractivity contribution is -0.193. The fourth-order valence-corrected chi connectivity index (χ4v) is 0.768. The van der Waals surface area contributed by atoms with E-state index in [1.54, 1.807) is 0 Å². The maximum atomic E-state index is 10.1. The summed E-state index contributed by atoms with van der Waals surface area (Å²) in [7, 11) is -4.19. The summed E-state index contributed by atoms with van der Waals surface area (Å²) < 4.78 is 10.0. The van der Waals surface area contributed by atoms with Crippen LogP contribution in [-0.4, -0.2) is 23.5 Å². The Balaban J connectivity index is 3.39. The van der Waals surface area contributed by atoms with Gasteiger partial charge in [-0.15, -0.1) is 0 Å². The molecule has 0 aromatic carbocycles. The third-order valence-corrected chi connectivity index (χ3v) is 1.56. The first-order valence-corrected chi connectivity index (χ1v) is 4.45. The molecule has 1 amide bonds. The van der Waals surface area contributed by atoms with Gasteiger partial charge in [0.1, 0.15) is 7.60 Å². The predicted molar refractivity (Wildman–Crippen MR) is 33.4 cm³/mol. The van der Waals surface area contributed by atoms with Crippen LogP contribution in [0.25, 0.3) is 0 Å². The SMILES string of the molecule is CC(=O)NCCP(=O)([O-])O. The molecule has 5 nitrogen and oxygen atoms in total. The van der Waals surface area contributed by atoms with E-state index in [9.17, 15) is 14.3 Å². The van der Waals surface area contributed by atoms with Gasteiger partial charge in [0.05, 0.1) is 0 Å². The molecular weight excluding hydrogens is 157 g/mol. The lowest BCUT2D eigenvalue weighted by Gasteiger charge is -2.14. The van der Waals surface area contributed by atoms with Crippen LogP contribution in [0.15, 0.2) is 0 Å².